The lowest BCUT2D eigenvalue weighted by Gasteiger charge is -2.20. The van der Waals surface area contributed by atoms with E-state index in [0.29, 0.717) is 5.92 Å². The molecule has 1 N–H and O–H groups in total. The Morgan fingerprint density at radius 1 is 1.47 bits per heavy atom. The minimum atomic E-state index is -0.717. The zero-order valence-electron chi connectivity index (χ0n) is 10.2. The molecule has 1 aromatic carbocycles. The quantitative estimate of drug-likeness (QED) is 0.865. The molecule has 0 aliphatic carbocycles. The van der Waals surface area contributed by atoms with Crippen LogP contribution in [0, 0.1) is 5.92 Å². The van der Waals surface area contributed by atoms with Gasteiger partial charge >= 0.3 is 5.97 Å². The number of hydrogen-bond acceptors (Lipinski definition) is 2. The highest BCUT2D eigenvalue weighted by Gasteiger charge is 2.29. The monoisotopic (exact) mass is 233 g/mol. The highest BCUT2D eigenvalue weighted by atomic mass is 16.4. The number of carbonyl (C=O) groups is 1. The molecule has 3 nitrogen and oxygen atoms in total. The van der Waals surface area contributed by atoms with Crippen LogP contribution in [0.5, 0.6) is 0 Å². The van der Waals surface area contributed by atoms with Crippen LogP contribution >= 0.6 is 0 Å². The van der Waals surface area contributed by atoms with E-state index in [4.69, 9.17) is 5.11 Å². The largest absolute Gasteiger partial charge is 0.480 e. The predicted octanol–water partition coefficient (Wildman–Crippen LogP) is 2.02. The number of hydrogen-bond donors (Lipinski definition) is 1. The molecule has 3 heteroatoms. The number of likely N-dealkylation sites (tertiary alicyclic amines) is 1. The van der Waals surface area contributed by atoms with Crippen LogP contribution in [0.3, 0.4) is 0 Å². The first-order chi connectivity index (χ1) is 8.16. The van der Waals surface area contributed by atoms with Crippen molar-refractivity contribution in [3.05, 3.63) is 35.9 Å². The van der Waals surface area contributed by atoms with E-state index >= 15 is 0 Å². The maximum Gasteiger partial charge on any atom is 0.320 e. The highest BCUT2D eigenvalue weighted by molar-refractivity contribution is 5.72. The van der Waals surface area contributed by atoms with Crippen molar-refractivity contribution in [2.45, 2.75) is 25.8 Å². The van der Waals surface area contributed by atoms with E-state index in [2.05, 4.69) is 29.2 Å². The van der Waals surface area contributed by atoms with Crippen molar-refractivity contribution in [3.63, 3.8) is 0 Å². The lowest BCUT2D eigenvalue weighted by atomic mass is 9.99. The van der Waals surface area contributed by atoms with Gasteiger partial charge in [-0.3, -0.25) is 9.69 Å². The molecule has 0 unspecified atom stereocenters. The number of aliphatic carboxylic acids is 1. The molecule has 0 aromatic heterocycles. The molecule has 17 heavy (non-hydrogen) atoms. The summed E-state index contributed by atoms with van der Waals surface area (Å²) in [4.78, 5) is 13.0. The molecule has 0 radical (unpaired) electrons. The fraction of sp³-hybridized carbons (Fsp3) is 0.500. The van der Waals surface area contributed by atoms with Gasteiger partial charge in [-0.15, -0.1) is 0 Å². The minimum absolute atomic E-state index is 0.351. The van der Waals surface area contributed by atoms with Crippen LogP contribution in [0.25, 0.3) is 0 Å². The second-order valence-corrected chi connectivity index (χ2v) is 4.85. The van der Waals surface area contributed by atoms with Gasteiger partial charge in [0.15, 0.2) is 0 Å². The number of carboxylic acid groups (broad SMARTS) is 1. The summed E-state index contributed by atoms with van der Waals surface area (Å²) in [6.07, 6.45) is 2.16. The standard InChI is InChI=1S/C14H19NO2/c1-11(14(16)17)15-8-7-13(10-15)9-12-5-3-2-4-6-12/h2-6,11,13H,7-10H2,1H3,(H,16,17)/t11-,13-/m1/s1. The van der Waals surface area contributed by atoms with Gasteiger partial charge in [-0.1, -0.05) is 30.3 Å². The summed E-state index contributed by atoms with van der Waals surface area (Å²) in [6, 6.07) is 10.1. The van der Waals surface area contributed by atoms with E-state index in [1.807, 2.05) is 6.07 Å². The van der Waals surface area contributed by atoms with Gasteiger partial charge in [0.2, 0.25) is 0 Å². The van der Waals surface area contributed by atoms with Crippen molar-refractivity contribution < 1.29 is 9.90 Å². The van der Waals surface area contributed by atoms with Crippen molar-refractivity contribution in [3.8, 4) is 0 Å². The molecule has 1 aliphatic heterocycles. The third-order valence-corrected chi connectivity index (χ3v) is 3.59. The fourth-order valence-corrected chi connectivity index (χ4v) is 2.48. The first kappa shape index (κ1) is 12.1. The van der Waals surface area contributed by atoms with Crippen molar-refractivity contribution >= 4 is 5.97 Å². The molecule has 1 aromatic rings. The lowest BCUT2D eigenvalue weighted by Crippen LogP contribution is -2.37. The zero-order chi connectivity index (χ0) is 12.3. The summed E-state index contributed by atoms with van der Waals surface area (Å²) >= 11 is 0. The van der Waals surface area contributed by atoms with Gasteiger partial charge in [0.1, 0.15) is 6.04 Å². The number of rotatable bonds is 4. The molecule has 0 saturated carbocycles. The second kappa shape index (κ2) is 5.32. The summed E-state index contributed by atoms with van der Waals surface area (Å²) in [5.41, 5.74) is 1.35. The third-order valence-electron chi connectivity index (χ3n) is 3.59. The Kier molecular flexibility index (Phi) is 3.79. The number of nitrogens with zero attached hydrogens (tertiary/aromatic N) is 1. The highest BCUT2D eigenvalue weighted by Crippen LogP contribution is 2.22. The Balaban J connectivity index is 1.88. The van der Waals surface area contributed by atoms with Crippen molar-refractivity contribution in [2.24, 2.45) is 5.92 Å². The maximum absolute atomic E-state index is 10.9. The topological polar surface area (TPSA) is 40.5 Å². The van der Waals surface area contributed by atoms with Crippen LogP contribution < -0.4 is 0 Å². The Morgan fingerprint density at radius 2 is 2.18 bits per heavy atom. The first-order valence-corrected chi connectivity index (χ1v) is 6.17. The predicted molar refractivity (Wildman–Crippen MR) is 66.9 cm³/mol. The molecule has 1 saturated heterocycles. The van der Waals surface area contributed by atoms with Gasteiger partial charge in [-0.25, -0.2) is 0 Å². The summed E-state index contributed by atoms with van der Waals surface area (Å²) in [5.74, 6) is -0.121. The molecule has 1 aliphatic rings. The molecule has 0 amide bonds. The van der Waals surface area contributed by atoms with Crippen molar-refractivity contribution in [2.75, 3.05) is 13.1 Å². The molecular formula is C14H19NO2. The minimum Gasteiger partial charge on any atom is -0.480 e. The van der Waals surface area contributed by atoms with E-state index in [1.54, 1.807) is 6.92 Å². The summed E-state index contributed by atoms with van der Waals surface area (Å²) in [6.45, 7) is 3.58. The van der Waals surface area contributed by atoms with Gasteiger partial charge in [-0.2, -0.15) is 0 Å². The zero-order valence-corrected chi connectivity index (χ0v) is 10.2. The van der Waals surface area contributed by atoms with Crippen molar-refractivity contribution in [1.29, 1.82) is 0 Å². The van der Waals surface area contributed by atoms with Crippen molar-refractivity contribution in [1.82, 2.24) is 4.90 Å². The summed E-state index contributed by atoms with van der Waals surface area (Å²) in [5, 5.41) is 8.98. The Bertz CT molecular complexity index is 377. The van der Waals surface area contributed by atoms with E-state index in [1.165, 1.54) is 5.56 Å². The average Bonchev–Trinajstić information content (AvgIpc) is 2.77. The lowest BCUT2D eigenvalue weighted by molar-refractivity contribution is -0.142. The molecule has 92 valence electrons. The van der Waals surface area contributed by atoms with Crippen LogP contribution in [-0.4, -0.2) is 35.1 Å². The van der Waals surface area contributed by atoms with Crippen LogP contribution in [0.4, 0.5) is 0 Å². The van der Waals surface area contributed by atoms with Gasteiger partial charge in [0, 0.05) is 6.54 Å². The molecule has 0 spiro atoms. The van der Waals surface area contributed by atoms with E-state index < -0.39 is 5.97 Å². The molecular weight excluding hydrogens is 214 g/mol. The van der Waals surface area contributed by atoms with Gasteiger partial charge in [0.25, 0.3) is 0 Å². The molecule has 1 heterocycles. The number of benzene rings is 1. The van der Waals surface area contributed by atoms with Gasteiger partial charge in [0.05, 0.1) is 0 Å². The van der Waals surface area contributed by atoms with Crippen LogP contribution in [0.15, 0.2) is 30.3 Å². The van der Waals surface area contributed by atoms with Crippen LogP contribution in [-0.2, 0) is 11.2 Å². The smallest absolute Gasteiger partial charge is 0.320 e. The van der Waals surface area contributed by atoms with E-state index in [-0.39, 0.29) is 6.04 Å². The molecule has 0 bridgehead atoms. The SMILES string of the molecule is C[C@H](C(=O)O)N1CC[C@H](Cc2ccccc2)C1. The first-order valence-electron chi connectivity index (χ1n) is 6.17. The van der Waals surface area contributed by atoms with Gasteiger partial charge in [-0.05, 0) is 37.8 Å². The van der Waals surface area contributed by atoms with Crippen LogP contribution in [0.1, 0.15) is 18.9 Å². The summed E-state index contributed by atoms with van der Waals surface area (Å²) in [7, 11) is 0. The van der Waals surface area contributed by atoms with E-state index in [0.717, 1.165) is 25.9 Å². The van der Waals surface area contributed by atoms with E-state index in [9.17, 15) is 4.79 Å². The summed E-state index contributed by atoms with van der Waals surface area (Å²) < 4.78 is 0. The maximum atomic E-state index is 10.9. The molecule has 1 fully saturated rings. The van der Waals surface area contributed by atoms with Crippen LogP contribution in [0.2, 0.25) is 0 Å². The van der Waals surface area contributed by atoms with Gasteiger partial charge < -0.3 is 5.11 Å². The second-order valence-electron chi connectivity index (χ2n) is 4.85. The average molecular weight is 233 g/mol. The molecule has 2 atom stereocenters. The number of carboxylic acids is 1. The third kappa shape index (κ3) is 3.07. The molecule has 2 rings (SSSR count). The Labute approximate surface area is 102 Å². The Hall–Kier alpha value is -1.35. The fourth-order valence-electron chi connectivity index (χ4n) is 2.48. The normalized spacial score (nSPS) is 22.5. The Morgan fingerprint density at radius 3 is 2.82 bits per heavy atom.